The predicted molar refractivity (Wildman–Crippen MR) is 88.4 cm³/mol. The second-order valence-corrected chi connectivity index (χ2v) is 7.91. The summed E-state index contributed by atoms with van der Waals surface area (Å²) in [7, 11) is 0.0256. The monoisotopic (exact) mass is 343 g/mol. The van der Waals surface area contributed by atoms with Crippen molar-refractivity contribution in [3.05, 3.63) is 23.8 Å². The summed E-state index contributed by atoms with van der Waals surface area (Å²) in [6.07, 6.45) is 2.49. The Kier molecular flexibility index (Phi) is 5.89. The Bertz CT molecular complexity index is 623. The molecule has 0 aliphatic carbocycles. The third-order valence-corrected chi connectivity index (χ3v) is 5.73. The summed E-state index contributed by atoms with van der Waals surface area (Å²) in [5.41, 5.74) is 0.893. The molecule has 1 aliphatic rings. The predicted octanol–water partition coefficient (Wildman–Crippen LogP) is 1.28. The summed E-state index contributed by atoms with van der Waals surface area (Å²) in [6, 6.07) is 5.60. The van der Waals surface area contributed by atoms with Crippen molar-refractivity contribution in [2.24, 2.45) is 5.92 Å². The van der Waals surface area contributed by atoms with Crippen molar-refractivity contribution in [2.45, 2.75) is 25.4 Å². The fourth-order valence-electron chi connectivity index (χ4n) is 3.10. The Morgan fingerprint density at radius 3 is 2.43 bits per heavy atom. The van der Waals surface area contributed by atoms with Gasteiger partial charge in [-0.2, -0.15) is 0 Å². The Morgan fingerprint density at radius 2 is 1.91 bits per heavy atom. The molecule has 1 atom stereocenters. The molecule has 2 rings (SSSR count). The first-order valence-corrected chi connectivity index (χ1v) is 9.54. The van der Waals surface area contributed by atoms with E-state index in [-0.39, 0.29) is 5.92 Å². The van der Waals surface area contributed by atoms with Crippen LogP contribution in [0.3, 0.4) is 0 Å². The normalized spacial score (nSPS) is 18.6. The number of ether oxygens (including phenoxy) is 2. The molecule has 130 valence electrons. The molecule has 1 aromatic carbocycles. The Balaban J connectivity index is 2.02. The standard InChI is InChI=1S/C16H25NO5S/c1-21-15-6-4-5-13(16(15)22-2)11-14(18)12-7-9-17(10-8-12)23(3,19)20/h4-6,12,14,18H,7-11H2,1-3H3. The van der Waals surface area contributed by atoms with Gasteiger partial charge in [-0.3, -0.25) is 0 Å². The first-order valence-electron chi connectivity index (χ1n) is 7.70. The fourth-order valence-corrected chi connectivity index (χ4v) is 3.97. The molecule has 1 saturated heterocycles. The summed E-state index contributed by atoms with van der Waals surface area (Å²) >= 11 is 0. The molecular weight excluding hydrogens is 318 g/mol. The highest BCUT2D eigenvalue weighted by atomic mass is 32.2. The zero-order chi connectivity index (χ0) is 17.0. The van der Waals surface area contributed by atoms with Gasteiger partial charge in [0.15, 0.2) is 11.5 Å². The summed E-state index contributed by atoms with van der Waals surface area (Å²) in [4.78, 5) is 0. The molecule has 0 amide bonds. The van der Waals surface area contributed by atoms with Crippen LogP contribution in [-0.2, 0) is 16.4 Å². The topological polar surface area (TPSA) is 76.1 Å². The molecule has 0 spiro atoms. The highest BCUT2D eigenvalue weighted by Gasteiger charge is 2.29. The smallest absolute Gasteiger partial charge is 0.211 e. The molecule has 1 N–H and O–H groups in total. The molecule has 0 saturated carbocycles. The SMILES string of the molecule is COc1cccc(CC(O)C2CCN(S(C)(=O)=O)CC2)c1OC. The van der Waals surface area contributed by atoms with Gasteiger partial charge in [0.2, 0.25) is 10.0 Å². The summed E-state index contributed by atoms with van der Waals surface area (Å²) < 4.78 is 35.2. The number of benzene rings is 1. The van der Waals surface area contributed by atoms with Crippen LogP contribution >= 0.6 is 0 Å². The molecule has 1 unspecified atom stereocenters. The fraction of sp³-hybridized carbons (Fsp3) is 0.625. The van der Waals surface area contributed by atoms with Crippen molar-refractivity contribution in [3.63, 3.8) is 0 Å². The minimum atomic E-state index is -3.14. The molecule has 1 aromatic rings. The Labute approximate surface area is 138 Å². The number of para-hydroxylation sites is 1. The van der Waals surface area contributed by atoms with Gasteiger partial charge in [0, 0.05) is 25.1 Å². The zero-order valence-corrected chi connectivity index (χ0v) is 14.7. The van der Waals surface area contributed by atoms with Crippen molar-refractivity contribution >= 4 is 10.0 Å². The summed E-state index contributed by atoms with van der Waals surface area (Å²) in [6.45, 7) is 0.936. The van der Waals surface area contributed by atoms with E-state index in [9.17, 15) is 13.5 Å². The van der Waals surface area contributed by atoms with Gasteiger partial charge in [-0.1, -0.05) is 12.1 Å². The van der Waals surface area contributed by atoms with E-state index >= 15 is 0 Å². The van der Waals surface area contributed by atoms with Crippen molar-refractivity contribution < 1.29 is 23.0 Å². The number of sulfonamides is 1. The van der Waals surface area contributed by atoms with Gasteiger partial charge in [0.25, 0.3) is 0 Å². The van der Waals surface area contributed by atoms with Crippen LogP contribution in [-0.4, -0.2) is 57.5 Å². The molecule has 1 fully saturated rings. The number of methoxy groups -OCH3 is 2. The van der Waals surface area contributed by atoms with Crippen LogP contribution in [0.5, 0.6) is 11.5 Å². The van der Waals surface area contributed by atoms with Gasteiger partial charge in [-0.05, 0) is 24.8 Å². The van der Waals surface area contributed by atoms with E-state index in [0.717, 1.165) is 5.56 Å². The van der Waals surface area contributed by atoms with E-state index in [1.54, 1.807) is 14.2 Å². The van der Waals surface area contributed by atoms with Gasteiger partial charge in [0.05, 0.1) is 26.6 Å². The van der Waals surface area contributed by atoms with Gasteiger partial charge >= 0.3 is 0 Å². The minimum Gasteiger partial charge on any atom is -0.493 e. The molecule has 7 heteroatoms. The quantitative estimate of drug-likeness (QED) is 0.842. The second-order valence-electron chi connectivity index (χ2n) is 5.92. The number of piperidine rings is 1. The van der Waals surface area contributed by atoms with Crippen molar-refractivity contribution in [1.82, 2.24) is 4.31 Å². The maximum atomic E-state index is 11.5. The minimum absolute atomic E-state index is 0.0870. The second kappa shape index (κ2) is 7.51. The van der Waals surface area contributed by atoms with Crippen molar-refractivity contribution in [1.29, 1.82) is 0 Å². The number of aliphatic hydroxyl groups is 1. The van der Waals surface area contributed by atoms with Crippen LogP contribution in [0.25, 0.3) is 0 Å². The lowest BCUT2D eigenvalue weighted by atomic mass is 9.88. The average Bonchev–Trinajstić information content (AvgIpc) is 2.53. The lowest BCUT2D eigenvalue weighted by molar-refractivity contribution is 0.0760. The van der Waals surface area contributed by atoms with E-state index in [1.165, 1.54) is 10.6 Å². The first-order chi connectivity index (χ1) is 10.9. The number of nitrogens with zero attached hydrogens (tertiary/aromatic N) is 1. The molecular formula is C16H25NO5S. The molecule has 0 aromatic heterocycles. The maximum absolute atomic E-state index is 11.5. The van der Waals surface area contributed by atoms with Crippen LogP contribution in [0.4, 0.5) is 0 Å². The number of rotatable bonds is 6. The number of hydrogen-bond acceptors (Lipinski definition) is 5. The first kappa shape index (κ1) is 18.0. The van der Waals surface area contributed by atoms with E-state index in [2.05, 4.69) is 0 Å². The van der Waals surface area contributed by atoms with Crippen LogP contribution < -0.4 is 9.47 Å². The summed E-state index contributed by atoms with van der Waals surface area (Å²) in [5.74, 6) is 1.37. The van der Waals surface area contributed by atoms with E-state index < -0.39 is 16.1 Å². The van der Waals surface area contributed by atoms with Gasteiger partial charge in [-0.15, -0.1) is 0 Å². The highest BCUT2D eigenvalue weighted by molar-refractivity contribution is 7.88. The molecule has 6 nitrogen and oxygen atoms in total. The van der Waals surface area contributed by atoms with Crippen molar-refractivity contribution in [3.8, 4) is 11.5 Å². The molecule has 1 aliphatic heterocycles. The number of hydrogen-bond donors (Lipinski definition) is 1. The Hall–Kier alpha value is -1.31. The van der Waals surface area contributed by atoms with Crippen LogP contribution in [0.1, 0.15) is 18.4 Å². The molecule has 0 bridgehead atoms. The van der Waals surface area contributed by atoms with E-state index in [4.69, 9.17) is 9.47 Å². The molecule has 23 heavy (non-hydrogen) atoms. The van der Waals surface area contributed by atoms with Gasteiger partial charge in [-0.25, -0.2) is 12.7 Å². The van der Waals surface area contributed by atoms with Gasteiger partial charge in [0.1, 0.15) is 0 Å². The van der Waals surface area contributed by atoms with Crippen LogP contribution in [0.15, 0.2) is 18.2 Å². The van der Waals surface area contributed by atoms with E-state index in [0.29, 0.717) is 43.9 Å². The highest BCUT2D eigenvalue weighted by Crippen LogP contribution is 2.33. The number of aliphatic hydroxyl groups excluding tert-OH is 1. The van der Waals surface area contributed by atoms with Crippen molar-refractivity contribution in [2.75, 3.05) is 33.6 Å². The summed E-state index contributed by atoms with van der Waals surface area (Å²) in [5, 5.41) is 10.5. The van der Waals surface area contributed by atoms with Crippen LogP contribution in [0, 0.1) is 5.92 Å². The van der Waals surface area contributed by atoms with Gasteiger partial charge < -0.3 is 14.6 Å². The lowest BCUT2D eigenvalue weighted by Crippen LogP contribution is -2.41. The Morgan fingerprint density at radius 1 is 1.26 bits per heavy atom. The zero-order valence-electron chi connectivity index (χ0n) is 13.9. The third-order valence-electron chi connectivity index (χ3n) is 4.43. The largest absolute Gasteiger partial charge is 0.493 e. The third kappa shape index (κ3) is 4.37. The lowest BCUT2D eigenvalue weighted by Gasteiger charge is -2.33. The maximum Gasteiger partial charge on any atom is 0.211 e. The molecule has 1 heterocycles. The van der Waals surface area contributed by atoms with E-state index in [1.807, 2.05) is 18.2 Å². The average molecular weight is 343 g/mol. The molecule has 0 radical (unpaired) electrons. The van der Waals surface area contributed by atoms with Crippen LogP contribution in [0.2, 0.25) is 0 Å².